The maximum atomic E-state index is 12.5. The molecule has 0 aliphatic rings. The van der Waals surface area contributed by atoms with Crippen molar-refractivity contribution in [2.75, 3.05) is 36.8 Å². The molecule has 0 aliphatic carbocycles. The molecule has 3 N–H and O–H groups in total. The zero-order valence-corrected chi connectivity index (χ0v) is 19.4. The molecule has 0 saturated carbocycles. The van der Waals surface area contributed by atoms with Crippen molar-refractivity contribution < 1.29 is 31.8 Å². The molecule has 10 heteroatoms. The molecule has 0 aromatic heterocycles. The molecule has 1 unspecified atom stereocenters. The van der Waals surface area contributed by atoms with E-state index >= 15 is 0 Å². The van der Waals surface area contributed by atoms with Crippen LogP contribution in [0.3, 0.4) is 0 Å². The molecule has 1 amide bonds. The summed E-state index contributed by atoms with van der Waals surface area (Å²) >= 11 is 0. The van der Waals surface area contributed by atoms with E-state index in [9.17, 15) is 18.3 Å². The Morgan fingerprint density at radius 3 is 2.26 bits per heavy atom. The molecule has 31 heavy (non-hydrogen) atoms. The van der Waals surface area contributed by atoms with Gasteiger partial charge in [0.1, 0.15) is 18.5 Å². The number of hydrogen-bond donors (Lipinski definition) is 3. The third-order valence-corrected chi connectivity index (χ3v) is 8.42. The smallest absolute Gasteiger partial charge is 0.306 e. The molecule has 2 rings (SSSR count). The summed E-state index contributed by atoms with van der Waals surface area (Å²) in [5.74, 6) is 0.511. The van der Waals surface area contributed by atoms with Crippen LogP contribution in [0.1, 0.15) is 12.0 Å². The standard InChI is InChI=1S/C21H29NO7S2/c1-16-4-10-20(11-5-16)31(26,27)29-30(2,3)13-12-21(25)22-17-6-8-19(9-7-17)28-15-18(24)14-23/h4-11,18,23-24H,12-15H2,1-3H3,(H,22,25). The van der Waals surface area contributed by atoms with Gasteiger partial charge in [0.25, 0.3) is 0 Å². The molecular formula is C21H29NO7S2. The van der Waals surface area contributed by atoms with Crippen LogP contribution in [-0.2, 0) is 18.5 Å². The number of nitrogens with one attached hydrogen (secondary N) is 1. The number of amides is 1. The number of ether oxygens (including phenoxy) is 1. The second kappa shape index (κ2) is 11.0. The molecule has 0 aliphatic heterocycles. The summed E-state index contributed by atoms with van der Waals surface area (Å²) < 4.78 is 35.7. The molecule has 1 atom stereocenters. The lowest BCUT2D eigenvalue weighted by molar-refractivity contribution is -0.115. The fourth-order valence-electron chi connectivity index (χ4n) is 2.46. The highest BCUT2D eigenvalue weighted by molar-refractivity contribution is 8.32. The largest absolute Gasteiger partial charge is 0.491 e. The van der Waals surface area contributed by atoms with Crippen molar-refractivity contribution in [1.82, 2.24) is 0 Å². The first-order valence-electron chi connectivity index (χ1n) is 9.56. The van der Waals surface area contributed by atoms with Gasteiger partial charge in [-0.2, -0.15) is 8.42 Å². The van der Waals surface area contributed by atoms with Crippen LogP contribution in [0.4, 0.5) is 5.69 Å². The Morgan fingerprint density at radius 2 is 1.68 bits per heavy atom. The van der Waals surface area contributed by atoms with Gasteiger partial charge in [-0.1, -0.05) is 17.7 Å². The topological polar surface area (TPSA) is 122 Å². The molecule has 172 valence electrons. The van der Waals surface area contributed by atoms with Crippen LogP contribution in [0.15, 0.2) is 53.4 Å². The third-order valence-electron chi connectivity index (χ3n) is 4.20. The number of anilines is 1. The summed E-state index contributed by atoms with van der Waals surface area (Å²) in [4.78, 5) is 12.4. The Hall–Kier alpha value is -2.11. The zero-order chi connectivity index (χ0) is 23.1. The number of hydrogen-bond acceptors (Lipinski definition) is 7. The van der Waals surface area contributed by atoms with E-state index in [0.29, 0.717) is 11.4 Å². The molecular weight excluding hydrogens is 442 g/mol. The normalized spacial score (nSPS) is 13.5. The van der Waals surface area contributed by atoms with E-state index in [0.717, 1.165) is 5.56 Å². The lowest BCUT2D eigenvalue weighted by atomic mass is 10.2. The summed E-state index contributed by atoms with van der Waals surface area (Å²) in [5.41, 5.74) is 1.51. The summed E-state index contributed by atoms with van der Waals surface area (Å²) in [6, 6.07) is 13.0. The maximum Gasteiger partial charge on any atom is 0.306 e. The first-order chi connectivity index (χ1) is 14.5. The van der Waals surface area contributed by atoms with Gasteiger partial charge in [-0.05, 0) is 55.8 Å². The van der Waals surface area contributed by atoms with Crippen LogP contribution < -0.4 is 10.1 Å². The fourth-order valence-corrected chi connectivity index (χ4v) is 6.14. The number of aliphatic hydroxyl groups excluding tert-OH is 2. The lowest BCUT2D eigenvalue weighted by Gasteiger charge is -2.29. The van der Waals surface area contributed by atoms with E-state index in [1.807, 2.05) is 6.92 Å². The number of aliphatic hydroxyl groups is 2. The molecule has 2 aromatic carbocycles. The first-order valence-corrected chi connectivity index (χ1v) is 13.5. The monoisotopic (exact) mass is 471 g/mol. The van der Waals surface area contributed by atoms with Gasteiger partial charge in [-0.15, -0.1) is 10.3 Å². The third kappa shape index (κ3) is 8.50. The van der Waals surface area contributed by atoms with Gasteiger partial charge < -0.3 is 20.3 Å². The first kappa shape index (κ1) is 25.2. The highest BCUT2D eigenvalue weighted by Crippen LogP contribution is 2.45. The van der Waals surface area contributed by atoms with E-state index in [1.165, 1.54) is 12.1 Å². The highest BCUT2D eigenvalue weighted by Gasteiger charge is 2.25. The minimum Gasteiger partial charge on any atom is -0.491 e. The summed E-state index contributed by atoms with van der Waals surface area (Å²) in [7, 11) is -5.92. The molecule has 0 heterocycles. The van der Waals surface area contributed by atoms with Crippen molar-refractivity contribution in [2.24, 2.45) is 0 Å². The fraction of sp³-hybridized carbons (Fsp3) is 0.381. The van der Waals surface area contributed by atoms with Gasteiger partial charge in [0, 0.05) is 17.9 Å². The average molecular weight is 472 g/mol. The summed E-state index contributed by atoms with van der Waals surface area (Å²) in [6.45, 7) is 1.45. The Morgan fingerprint density at radius 1 is 1.06 bits per heavy atom. The van der Waals surface area contributed by atoms with E-state index in [-0.39, 0.29) is 36.2 Å². The molecule has 0 spiro atoms. The van der Waals surface area contributed by atoms with Gasteiger partial charge in [-0.3, -0.25) is 4.79 Å². The van der Waals surface area contributed by atoms with Crippen LogP contribution in [-0.4, -0.2) is 62.1 Å². The van der Waals surface area contributed by atoms with Gasteiger partial charge >= 0.3 is 10.1 Å². The molecule has 0 radical (unpaired) electrons. The van der Waals surface area contributed by atoms with E-state index in [2.05, 4.69) is 5.32 Å². The number of carbonyl (C=O) groups is 1. The summed E-state index contributed by atoms with van der Waals surface area (Å²) in [6.07, 6.45) is 2.56. The van der Waals surface area contributed by atoms with Crippen molar-refractivity contribution in [3.63, 3.8) is 0 Å². The van der Waals surface area contributed by atoms with Crippen molar-refractivity contribution in [3.05, 3.63) is 54.1 Å². The SMILES string of the molecule is Cc1ccc(S(=O)(=O)OS(C)(C)CCC(=O)Nc2ccc(OCC(O)CO)cc2)cc1. The quantitative estimate of drug-likeness (QED) is 0.460. The van der Waals surface area contributed by atoms with Crippen LogP contribution in [0.25, 0.3) is 0 Å². The Bertz CT molecular complexity index is 958. The lowest BCUT2D eigenvalue weighted by Crippen LogP contribution is -2.21. The molecule has 0 fully saturated rings. The minimum absolute atomic E-state index is 0.0361. The van der Waals surface area contributed by atoms with Crippen molar-refractivity contribution in [1.29, 1.82) is 0 Å². The zero-order valence-electron chi connectivity index (χ0n) is 17.8. The van der Waals surface area contributed by atoms with Crippen molar-refractivity contribution in [2.45, 2.75) is 24.3 Å². The minimum atomic E-state index is -3.90. The number of carbonyl (C=O) groups excluding carboxylic acids is 1. The van der Waals surface area contributed by atoms with E-state index < -0.39 is 26.5 Å². The predicted octanol–water partition coefficient (Wildman–Crippen LogP) is 2.44. The number of rotatable bonds is 11. The van der Waals surface area contributed by atoms with Crippen LogP contribution in [0, 0.1) is 6.92 Å². The van der Waals surface area contributed by atoms with Crippen LogP contribution in [0.5, 0.6) is 5.75 Å². The van der Waals surface area contributed by atoms with Gasteiger partial charge in [0.15, 0.2) is 0 Å². The summed E-state index contributed by atoms with van der Waals surface area (Å²) in [5, 5.41) is 20.8. The Balaban J connectivity index is 1.86. The second-order valence-electron chi connectivity index (χ2n) is 7.45. The van der Waals surface area contributed by atoms with Crippen molar-refractivity contribution >= 4 is 32.0 Å². The Labute approximate surface area is 184 Å². The molecule has 2 aromatic rings. The van der Waals surface area contributed by atoms with Gasteiger partial charge in [0.2, 0.25) is 5.91 Å². The van der Waals surface area contributed by atoms with E-state index in [4.69, 9.17) is 13.5 Å². The second-order valence-corrected chi connectivity index (χ2v) is 12.7. The predicted molar refractivity (Wildman–Crippen MR) is 122 cm³/mol. The highest BCUT2D eigenvalue weighted by atomic mass is 32.3. The Kier molecular flexibility index (Phi) is 8.90. The molecule has 8 nitrogen and oxygen atoms in total. The van der Waals surface area contributed by atoms with Crippen LogP contribution in [0.2, 0.25) is 0 Å². The average Bonchev–Trinajstić information content (AvgIpc) is 2.71. The number of aryl methyl sites for hydroxylation is 1. The molecule has 0 saturated heterocycles. The van der Waals surface area contributed by atoms with Gasteiger partial charge in [0.05, 0.1) is 11.5 Å². The maximum absolute atomic E-state index is 12.5. The molecule has 0 bridgehead atoms. The van der Waals surface area contributed by atoms with E-state index in [1.54, 1.807) is 48.9 Å². The van der Waals surface area contributed by atoms with Crippen LogP contribution >= 0.6 is 10.3 Å². The number of benzene rings is 2. The van der Waals surface area contributed by atoms with Gasteiger partial charge in [-0.25, -0.2) is 3.63 Å². The van der Waals surface area contributed by atoms with Crippen molar-refractivity contribution in [3.8, 4) is 5.75 Å².